The highest BCUT2D eigenvalue weighted by Gasteiger charge is 2.32. The van der Waals surface area contributed by atoms with Gasteiger partial charge in [-0.2, -0.15) is 0 Å². The van der Waals surface area contributed by atoms with E-state index in [9.17, 15) is 5.11 Å². The molecule has 0 heterocycles. The molecule has 0 amide bonds. The molecular formula is C26H40O2SSi. The molecule has 166 valence electrons. The highest BCUT2D eigenvalue weighted by Crippen LogP contribution is 2.42. The average molecular weight is 445 g/mol. The quantitative estimate of drug-likeness (QED) is 0.367. The van der Waals surface area contributed by atoms with Crippen LogP contribution in [0.2, 0.25) is 12.1 Å². The van der Waals surface area contributed by atoms with Crippen LogP contribution in [-0.4, -0.2) is 25.7 Å². The molecule has 0 fully saturated rings. The maximum atomic E-state index is 11.0. The zero-order valence-corrected chi connectivity index (χ0v) is 22.2. The zero-order chi connectivity index (χ0) is 22.7. The van der Waals surface area contributed by atoms with Crippen molar-refractivity contribution in [2.24, 2.45) is 0 Å². The van der Waals surface area contributed by atoms with Gasteiger partial charge in [0.15, 0.2) is 0 Å². The molecule has 2 nitrogen and oxygen atoms in total. The average Bonchev–Trinajstić information content (AvgIpc) is 2.68. The fourth-order valence-electron chi connectivity index (χ4n) is 3.95. The number of thioether (sulfide) groups is 1. The second kappa shape index (κ2) is 9.40. The minimum atomic E-state index is -1.63. The number of hydrogen-bond donors (Lipinski definition) is 1. The summed E-state index contributed by atoms with van der Waals surface area (Å²) < 4.78 is 5.37. The lowest BCUT2D eigenvalue weighted by Crippen LogP contribution is -2.49. The molecule has 0 aromatic heterocycles. The molecule has 2 rings (SSSR count). The third-order valence-corrected chi connectivity index (χ3v) is 13.9. The van der Waals surface area contributed by atoms with Crippen LogP contribution < -0.4 is 9.92 Å². The van der Waals surface area contributed by atoms with Crippen molar-refractivity contribution in [2.45, 2.75) is 83.2 Å². The third kappa shape index (κ3) is 5.44. The highest BCUT2D eigenvalue weighted by molar-refractivity contribution is 8.01. The van der Waals surface area contributed by atoms with E-state index in [1.165, 1.54) is 22.2 Å². The molecule has 0 radical (unpaired) electrons. The van der Waals surface area contributed by atoms with E-state index in [1.807, 2.05) is 11.8 Å². The minimum absolute atomic E-state index is 0.0966. The second-order valence-corrected chi connectivity index (χ2v) is 16.8. The molecule has 2 aromatic carbocycles. The van der Waals surface area contributed by atoms with Crippen LogP contribution in [0.5, 0.6) is 11.5 Å². The van der Waals surface area contributed by atoms with Crippen LogP contribution in [-0.2, 0) is 10.8 Å². The molecule has 0 aliphatic heterocycles. The van der Waals surface area contributed by atoms with Crippen LogP contribution in [0.4, 0.5) is 0 Å². The maximum absolute atomic E-state index is 11.0. The topological polar surface area (TPSA) is 29.5 Å². The Bertz CT molecular complexity index is 806. The normalized spacial score (nSPS) is 12.8. The Balaban J connectivity index is 2.44. The van der Waals surface area contributed by atoms with Gasteiger partial charge in [0, 0.05) is 16.0 Å². The number of methoxy groups -OCH3 is 1. The summed E-state index contributed by atoms with van der Waals surface area (Å²) >= 11 is 1.97. The number of phenols is 1. The van der Waals surface area contributed by atoms with Crippen molar-refractivity contribution in [2.75, 3.05) is 12.5 Å². The lowest BCUT2D eigenvalue weighted by atomic mass is 9.79. The van der Waals surface area contributed by atoms with Gasteiger partial charge in [-0.15, -0.1) is 11.8 Å². The van der Waals surface area contributed by atoms with Gasteiger partial charge in [0.1, 0.15) is 11.5 Å². The van der Waals surface area contributed by atoms with Gasteiger partial charge in [0.2, 0.25) is 0 Å². The van der Waals surface area contributed by atoms with Crippen LogP contribution >= 0.6 is 11.8 Å². The van der Waals surface area contributed by atoms with E-state index < -0.39 is 8.07 Å². The van der Waals surface area contributed by atoms with Crippen LogP contribution in [0.1, 0.15) is 66.5 Å². The first-order chi connectivity index (χ1) is 13.9. The number of aromatic hydroxyl groups is 1. The monoisotopic (exact) mass is 444 g/mol. The number of rotatable bonds is 7. The first-order valence-electron chi connectivity index (χ1n) is 11.0. The van der Waals surface area contributed by atoms with Crippen molar-refractivity contribution in [1.82, 2.24) is 0 Å². The number of ether oxygens (including phenoxy) is 1. The SMILES string of the molecule is CC[Si](CC)(CSc1cc(C(C)(C)C)c(O)c(C(C)(C)C)c1)c1ccc(OC)cc1. The van der Waals surface area contributed by atoms with Gasteiger partial charge in [-0.3, -0.25) is 0 Å². The minimum Gasteiger partial charge on any atom is -0.507 e. The van der Waals surface area contributed by atoms with Crippen LogP contribution in [0.3, 0.4) is 0 Å². The molecular weight excluding hydrogens is 404 g/mol. The van der Waals surface area contributed by atoms with E-state index >= 15 is 0 Å². The van der Waals surface area contributed by atoms with Gasteiger partial charge < -0.3 is 9.84 Å². The van der Waals surface area contributed by atoms with Crippen molar-refractivity contribution in [3.8, 4) is 11.5 Å². The lowest BCUT2D eigenvalue weighted by Gasteiger charge is -2.31. The summed E-state index contributed by atoms with van der Waals surface area (Å²) in [6, 6.07) is 15.6. The molecule has 1 N–H and O–H groups in total. The van der Waals surface area contributed by atoms with Gasteiger partial charge in [-0.1, -0.05) is 84.8 Å². The Labute approximate surface area is 189 Å². The van der Waals surface area contributed by atoms with E-state index in [0.717, 1.165) is 22.3 Å². The fourth-order valence-corrected chi connectivity index (χ4v) is 10.6. The van der Waals surface area contributed by atoms with Gasteiger partial charge in [-0.25, -0.2) is 0 Å². The smallest absolute Gasteiger partial charge is 0.123 e. The van der Waals surface area contributed by atoms with Crippen LogP contribution in [0.15, 0.2) is 41.3 Å². The maximum Gasteiger partial charge on any atom is 0.123 e. The second-order valence-electron chi connectivity index (χ2n) is 10.4. The molecule has 0 spiro atoms. The zero-order valence-electron chi connectivity index (χ0n) is 20.3. The van der Waals surface area contributed by atoms with Crippen LogP contribution in [0, 0.1) is 0 Å². The third-order valence-electron chi connectivity index (χ3n) is 6.27. The summed E-state index contributed by atoms with van der Waals surface area (Å²) in [4.78, 5) is 1.27. The molecule has 0 bridgehead atoms. The molecule has 4 heteroatoms. The predicted octanol–water partition coefficient (Wildman–Crippen LogP) is 7.02. The summed E-state index contributed by atoms with van der Waals surface area (Å²) in [5, 5.41) is 13.7. The Morgan fingerprint density at radius 3 is 1.70 bits per heavy atom. The largest absolute Gasteiger partial charge is 0.507 e. The molecule has 0 aliphatic carbocycles. The van der Waals surface area contributed by atoms with E-state index in [2.05, 4.69) is 91.8 Å². The summed E-state index contributed by atoms with van der Waals surface area (Å²) in [5.74, 6) is 1.38. The Morgan fingerprint density at radius 2 is 1.33 bits per heavy atom. The van der Waals surface area contributed by atoms with Crippen molar-refractivity contribution >= 4 is 25.0 Å². The summed E-state index contributed by atoms with van der Waals surface area (Å²) in [5.41, 5.74) is 1.89. The predicted molar refractivity (Wildman–Crippen MR) is 136 cm³/mol. The Kier molecular flexibility index (Phi) is 7.79. The molecule has 0 saturated carbocycles. The highest BCUT2D eigenvalue weighted by atomic mass is 32.2. The van der Waals surface area contributed by atoms with Gasteiger partial charge in [0.05, 0.1) is 15.2 Å². The molecule has 0 saturated heterocycles. The van der Waals surface area contributed by atoms with E-state index in [1.54, 1.807) is 7.11 Å². The number of phenolic OH excluding ortho intramolecular Hbond substituents is 1. The Hall–Kier alpha value is -1.39. The molecule has 2 aromatic rings. The van der Waals surface area contributed by atoms with E-state index in [0.29, 0.717) is 5.75 Å². The van der Waals surface area contributed by atoms with Crippen molar-refractivity contribution < 1.29 is 9.84 Å². The summed E-state index contributed by atoms with van der Waals surface area (Å²) in [7, 11) is 0.0886. The first-order valence-corrected chi connectivity index (χ1v) is 14.6. The Morgan fingerprint density at radius 1 is 0.867 bits per heavy atom. The van der Waals surface area contributed by atoms with Crippen LogP contribution in [0.25, 0.3) is 0 Å². The summed E-state index contributed by atoms with van der Waals surface area (Å²) in [6.45, 7) is 17.8. The van der Waals surface area contributed by atoms with Crippen molar-refractivity contribution in [3.05, 3.63) is 47.5 Å². The molecule has 30 heavy (non-hydrogen) atoms. The standard InChI is InChI=1S/C26H40O2SSi/c1-10-30(11-2,21-14-12-19(28-9)13-15-21)18-29-20-16-22(25(3,4)5)24(27)23(17-20)26(6,7)8/h12-17,27H,10-11,18H2,1-9H3. The fraction of sp³-hybridized carbons (Fsp3) is 0.538. The first kappa shape index (κ1) is 24.9. The lowest BCUT2D eigenvalue weighted by molar-refractivity contribution is 0.415. The van der Waals surface area contributed by atoms with Gasteiger partial charge in [-0.05, 0) is 40.5 Å². The molecule has 0 atom stereocenters. The summed E-state index contributed by atoms with van der Waals surface area (Å²) in [6.07, 6.45) is 0. The van der Waals surface area contributed by atoms with E-state index in [4.69, 9.17) is 4.74 Å². The molecule has 0 aliphatic rings. The molecule has 0 unspecified atom stereocenters. The van der Waals surface area contributed by atoms with Gasteiger partial charge >= 0.3 is 0 Å². The number of hydrogen-bond acceptors (Lipinski definition) is 3. The van der Waals surface area contributed by atoms with Crippen molar-refractivity contribution in [1.29, 1.82) is 0 Å². The van der Waals surface area contributed by atoms with Gasteiger partial charge in [0.25, 0.3) is 0 Å². The number of benzene rings is 2. The van der Waals surface area contributed by atoms with E-state index in [-0.39, 0.29) is 10.8 Å². The van der Waals surface area contributed by atoms with Crippen molar-refractivity contribution in [3.63, 3.8) is 0 Å².